The van der Waals surface area contributed by atoms with Crippen molar-refractivity contribution in [2.24, 2.45) is 0 Å². The maximum absolute atomic E-state index is 9.72. The van der Waals surface area contributed by atoms with E-state index in [9.17, 15) is 15.3 Å². The first-order valence-corrected chi connectivity index (χ1v) is 8.84. The number of aromatic hydroxyl groups is 2. The number of hydrogen-bond donors (Lipinski definition) is 3. The number of aryl methyl sites for hydroxylation is 1. The normalized spacial score (nSPS) is 12.0. The third-order valence-electron chi connectivity index (χ3n) is 4.10. The predicted molar refractivity (Wildman–Crippen MR) is 104 cm³/mol. The Balaban J connectivity index is 1.89. The van der Waals surface area contributed by atoms with E-state index in [1.54, 1.807) is 12.1 Å². The molecule has 3 nitrogen and oxygen atoms in total. The summed E-state index contributed by atoms with van der Waals surface area (Å²) >= 11 is 0. The van der Waals surface area contributed by atoms with Crippen molar-refractivity contribution >= 4 is 12.2 Å². The van der Waals surface area contributed by atoms with Crippen LogP contribution in [0.2, 0.25) is 0 Å². The molecule has 0 radical (unpaired) electrons. The maximum Gasteiger partial charge on any atom is 0.119 e. The van der Waals surface area contributed by atoms with Crippen molar-refractivity contribution in [1.82, 2.24) is 0 Å². The molecule has 25 heavy (non-hydrogen) atoms. The van der Waals surface area contributed by atoms with E-state index in [0.29, 0.717) is 0 Å². The van der Waals surface area contributed by atoms with Crippen LogP contribution in [-0.2, 0) is 6.42 Å². The van der Waals surface area contributed by atoms with Crippen LogP contribution in [0.3, 0.4) is 0 Å². The van der Waals surface area contributed by atoms with Gasteiger partial charge in [-0.3, -0.25) is 0 Å². The first kappa shape index (κ1) is 19.1. The Hall–Kier alpha value is -2.26. The third kappa shape index (κ3) is 7.44. The van der Waals surface area contributed by atoms with E-state index in [-0.39, 0.29) is 11.5 Å². The summed E-state index contributed by atoms with van der Waals surface area (Å²) in [5.41, 5.74) is 2.58. The molecular formula is C22H28O3. The second-order valence-electron chi connectivity index (χ2n) is 7.23. The Kier molecular flexibility index (Phi) is 6.65. The van der Waals surface area contributed by atoms with Gasteiger partial charge in [0, 0.05) is 6.07 Å². The van der Waals surface area contributed by atoms with Crippen LogP contribution < -0.4 is 0 Å². The van der Waals surface area contributed by atoms with E-state index in [4.69, 9.17) is 0 Å². The molecule has 0 amide bonds. The van der Waals surface area contributed by atoms with Crippen LogP contribution in [0, 0.1) is 0 Å². The molecule has 0 aliphatic rings. The van der Waals surface area contributed by atoms with Gasteiger partial charge < -0.3 is 15.3 Å². The molecule has 3 heteroatoms. The van der Waals surface area contributed by atoms with Gasteiger partial charge in [0.1, 0.15) is 11.5 Å². The third-order valence-corrected chi connectivity index (χ3v) is 4.10. The standard InChI is InChI=1S/C22H28O3/c1-22(2,25)12-5-3-4-7-17-8-6-9-18(13-17)10-11-19-14-20(23)16-21(24)15-19/h6,8-11,13-16,23-25H,3-5,7,12H2,1-2H3/b11-10+. The zero-order chi connectivity index (χ0) is 18.3. The van der Waals surface area contributed by atoms with Crippen LogP contribution in [0.5, 0.6) is 11.5 Å². The van der Waals surface area contributed by atoms with Crippen LogP contribution in [0.1, 0.15) is 56.2 Å². The summed E-state index contributed by atoms with van der Waals surface area (Å²) in [4.78, 5) is 0. The second kappa shape index (κ2) is 8.72. The molecule has 2 rings (SSSR count). The summed E-state index contributed by atoms with van der Waals surface area (Å²) in [5.74, 6) is 0.110. The Labute approximate surface area is 150 Å². The summed E-state index contributed by atoms with van der Waals surface area (Å²) in [6.07, 6.45) is 9.00. The molecule has 2 aromatic carbocycles. The molecule has 0 aromatic heterocycles. The number of hydrogen-bond acceptors (Lipinski definition) is 3. The fourth-order valence-corrected chi connectivity index (χ4v) is 2.82. The van der Waals surface area contributed by atoms with Gasteiger partial charge in [0.2, 0.25) is 0 Å². The SMILES string of the molecule is CC(C)(O)CCCCCc1cccc(/C=C/c2cc(O)cc(O)c2)c1. The molecule has 0 atom stereocenters. The lowest BCUT2D eigenvalue weighted by atomic mass is 9.98. The highest BCUT2D eigenvalue weighted by Gasteiger charge is 2.10. The Morgan fingerprint density at radius 1 is 0.840 bits per heavy atom. The average molecular weight is 340 g/mol. The minimum absolute atomic E-state index is 0.0551. The minimum atomic E-state index is -0.564. The summed E-state index contributed by atoms with van der Waals surface area (Å²) < 4.78 is 0. The Morgan fingerprint density at radius 2 is 1.52 bits per heavy atom. The molecule has 0 aliphatic carbocycles. The quantitative estimate of drug-likeness (QED) is 0.460. The van der Waals surface area contributed by atoms with Gasteiger partial charge in [0.05, 0.1) is 5.60 Å². The maximum atomic E-state index is 9.72. The van der Waals surface area contributed by atoms with Crippen LogP contribution in [0.25, 0.3) is 12.2 Å². The molecule has 0 saturated carbocycles. The van der Waals surface area contributed by atoms with Gasteiger partial charge in [0.25, 0.3) is 0 Å². The Morgan fingerprint density at radius 3 is 2.20 bits per heavy atom. The monoisotopic (exact) mass is 340 g/mol. The highest BCUT2D eigenvalue weighted by atomic mass is 16.3. The van der Waals surface area contributed by atoms with Gasteiger partial charge in [-0.05, 0) is 61.9 Å². The van der Waals surface area contributed by atoms with Gasteiger partial charge in [-0.2, -0.15) is 0 Å². The molecule has 134 valence electrons. The fourth-order valence-electron chi connectivity index (χ4n) is 2.82. The lowest BCUT2D eigenvalue weighted by Crippen LogP contribution is -2.17. The van der Waals surface area contributed by atoms with Crippen molar-refractivity contribution in [3.8, 4) is 11.5 Å². The van der Waals surface area contributed by atoms with E-state index in [2.05, 4.69) is 12.1 Å². The average Bonchev–Trinajstić information content (AvgIpc) is 2.51. The van der Waals surface area contributed by atoms with Gasteiger partial charge in [-0.25, -0.2) is 0 Å². The molecule has 0 saturated heterocycles. The largest absolute Gasteiger partial charge is 0.508 e. The van der Waals surface area contributed by atoms with Crippen molar-refractivity contribution < 1.29 is 15.3 Å². The highest BCUT2D eigenvalue weighted by Crippen LogP contribution is 2.22. The van der Waals surface area contributed by atoms with Crippen molar-refractivity contribution in [1.29, 1.82) is 0 Å². The lowest BCUT2D eigenvalue weighted by Gasteiger charge is -2.16. The summed E-state index contributed by atoms with van der Waals surface area (Å²) in [5, 5.41) is 28.8. The topological polar surface area (TPSA) is 60.7 Å². The van der Waals surface area contributed by atoms with E-state index in [1.807, 2.05) is 38.1 Å². The highest BCUT2D eigenvalue weighted by molar-refractivity contribution is 5.71. The molecule has 0 fully saturated rings. The number of rotatable bonds is 8. The van der Waals surface area contributed by atoms with Crippen molar-refractivity contribution in [2.75, 3.05) is 0 Å². The summed E-state index contributed by atoms with van der Waals surface area (Å²) in [6.45, 7) is 3.71. The van der Waals surface area contributed by atoms with Crippen LogP contribution in [0.15, 0.2) is 42.5 Å². The summed E-state index contributed by atoms with van der Waals surface area (Å²) in [6, 6.07) is 12.9. The smallest absolute Gasteiger partial charge is 0.119 e. The summed E-state index contributed by atoms with van der Waals surface area (Å²) in [7, 11) is 0. The van der Waals surface area contributed by atoms with Gasteiger partial charge in [-0.15, -0.1) is 0 Å². The number of phenolic OH excluding ortho intramolecular Hbond substituents is 2. The zero-order valence-corrected chi connectivity index (χ0v) is 15.1. The second-order valence-corrected chi connectivity index (χ2v) is 7.23. The first-order chi connectivity index (χ1) is 11.8. The van der Waals surface area contributed by atoms with Crippen LogP contribution in [-0.4, -0.2) is 20.9 Å². The molecular weight excluding hydrogens is 312 g/mol. The molecule has 0 spiro atoms. The van der Waals surface area contributed by atoms with Crippen molar-refractivity contribution in [3.63, 3.8) is 0 Å². The van der Waals surface area contributed by atoms with Crippen molar-refractivity contribution in [3.05, 3.63) is 59.2 Å². The zero-order valence-electron chi connectivity index (χ0n) is 15.1. The van der Waals surface area contributed by atoms with Gasteiger partial charge >= 0.3 is 0 Å². The molecule has 0 heterocycles. The predicted octanol–water partition coefficient (Wildman–Crippen LogP) is 5.14. The number of phenols is 2. The van der Waals surface area contributed by atoms with Crippen molar-refractivity contribution in [2.45, 2.75) is 51.6 Å². The van der Waals surface area contributed by atoms with Gasteiger partial charge in [-0.1, -0.05) is 49.3 Å². The first-order valence-electron chi connectivity index (χ1n) is 8.84. The molecule has 2 aromatic rings. The van der Waals surface area contributed by atoms with E-state index in [0.717, 1.165) is 43.2 Å². The molecule has 3 N–H and O–H groups in total. The molecule has 0 aliphatic heterocycles. The Bertz CT molecular complexity index is 691. The van der Waals surface area contributed by atoms with Crippen LogP contribution >= 0.6 is 0 Å². The number of aliphatic hydroxyl groups is 1. The fraction of sp³-hybridized carbons (Fsp3) is 0.364. The lowest BCUT2D eigenvalue weighted by molar-refractivity contribution is 0.0681. The van der Waals surface area contributed by atoms with Crippen LogP contribution in [0.4, 0.5) is 0 Å². The molecule has 0 unspecified atom stereocenters. The van der Waals surface area contributed by atoms with E-state index < -0.39 is 5.60 Å². The molecule has 0 bridgehead atoms. The minimum Gasteiger partial charge on any atom is -0.508 e. The number of unbranched alkanes of at least 4 members (excludes halogenated alkanes) is 2. The number of benzene rings is 2. The van der Waals surface area contributed by atoms with E-state index >= 15 is 0 Å². The van der Waals surface area contributed by atoms with Gasteiger partial charge in [0.15, 0.2) is 0 Å². The van der Waals surface area contributed by atoms with E-state index in [1.165, 1.54) is 11.6 Å².